The van der Waals surface area contributed by atoms with Gasteiger partial charge in [-0.15, -0.1) is 10.2 Å². The number of hydrogen-bond acceptors (Lipinski definition) is 5. The number of nitrogens with zero attached hydrogens (tertiary/aromatic N) is 5. The van der Waals surface area contributed by atoms with Crippen LogP contribution in [-0.4, -0.2) is 36.7 Å². The fraction of sp³-hybridized carbons (Fsp3) is 0.600. The van der Waals surface area contributed by atoms with Crippen molar-refractivity contribution in [3.63, 3.8) is 0 Å². The molecule has 2 aromatic rings. The molecule has 2 aromatic heterocycles. The molecule has 0 spiro atoms. The minimum absolute atomic E-state index is 0.307. The Hall–Kier alpha value is -1.76. The standard InChI is InChI=1S/C10H15N7/c1-2-3-7-9-14-15-10(8-6-12-16-13-8)17(9)5-4-11-7/h6-7,11H,2-5H2,1H3,(H,12,13,16). The van der Waals surface area contributed by atoms with Crippen molar-refractivity contribution in [1.29, 1.82) is 0 Å². The van der Waals surface area contributed by atoms with E-state index in [4.69, 9.17) is 0 Å². The average Bonchev–Trinajstić information content (AvgIpc) is 2.97. The number of rotatable bonds is 3. The monoisotopic (exact) mass is 233 g/mol. The molecule has 0 bridgehead atoms. The van der Waals surface area contributed by atoms with Gasteiger partial charge in [-0.2, -0.15) is 15.4 Å². The second-order valence-electron chi connectivity index (χ2n) is 4.18. The van der Waals surface area contributed by atoms with Crippen LogP contribution >= 0.6 is 0 Å². The van der Waals surface area contributed by atoms with Crippen LogP contribution < -0.4 is 5.32 Å². The first-order chi connectivity index (χ1) is 8.40. The molecule has 0 amide bonds. The lowest BCUT2D eigenvalue weighted by Gasteiger charge is -2.24. The summed E-state index contributed by atoms with van der Waals surface area (Å²) in [5, 5.41) is 22.4. The molecule has 0 saturated heterocycles. The topological polar surface area (TPSA) is 84.3 Å². The number of aromatic nitrogens is 6. The van der Waals surface area contributed by atoms with Gasteiger partial charge >= 0.3 is 0 Å². The molecule has 0 aliphatic carbocycles. The molecule has 0 radical (unpaired) electrons. The van der Waals surface area contributed by atoms with Crippen molar-refractivity contribution in [2.75, 3.05) is 6.54 Å². The highest BCUT2D eigenvalue weighted by Crippen LogP contribution is 2.24. The Morgan fingerprint density at radius 3 is 3.18 bits per heavy atom. The summed E-state index contributed by atoms with van der Waals surface area (Å²) in [5.74, 6) is 1.81. The molecule has 1 aliphatic rings. The predicted octanol–water partition coefficient (Wildman–Crippen LogP) is 0.508. The Morgan fingerprint density at radius 2 is 2.41 bits per heavy atom. The van der Waals surface area contributed by atoms with Crippen LogP contribution in [0.5, 0.6) is 0 Å². The van der Waals surface area contributed by atoms with Gasteiger partial charge in [-0.25, -0.2) is 0 Å². The molecule has 1 atom stereocenters. The molecule has 0 saturated carbocycles. The maximum atomic E-state index is 4.28. The van der Waals surface area contributed by atoms with E-state index in [-0.39, 0.29) is 0 Å². The average molecular weight is 233 g/mol. The van der Waals surface area contributed by atoms with Crippen molar-refractivity contribution in [1.82, 2.24) is 35.5 Å². The van der Waals surface area contributed by atoms with E-state index in [1.807, 2.05) is 0 Å². The third-order valence-corrected chi connectivity index (χ3v) is 3.04. The van der Waals surface area contributed by atoms with Crippen molar-refractivity contribution in [2.45, 2.75) is 32.4 Å². The second-order valence-corrected chi connectivity index (χ2v) is 4.18. The Balaban J connectivity index is 1.99. The molecule has 0 fully saturated rings. The molecule has 17 heavy (non-hydrogen) atoms. The fourth-order valence-corrected chi connectivity index (χ4v) is 2.25. The van der Waals surface area contributed by atoms with Crippen molar-refractivity contribution < 1.29 is 0 Å². The summed E-state index contributed by atoms with van der Waals surface area (Å²) >= 11 is 0. The van der Waals surface area contributed by atoms with Crippen LogP contribution in [0, 0.1) is 0 Å². The highest BCUT2D eigenvalue weighted by Gasteiger charge is 2.25. The van der Waals surface area contributed by atoms with Gasteiger partial charge in [0.1, 0.15) is 5.69 Å². The second kappa shape index (κ2) is 4.25. The van der Waals surface area contributed by atoms with E-state index >= 15 is 0 Å². The fourth-order valence-electron chi connectivity index (χ4n) is 2.25. The van der Waals surface area contributed by atoms with Gasteiger partial charge in [-0.1, -0.05) is 13.3 Å². The van der Waals surface area contributed by atoms with Crippen molar-refractivity contribution in [3.8, 4) is 11.5 Å². The maximum Gasteiger partial charge on any atom is 0.186 e. The molecular weight excluding hydrogens is 218 g/mol. The van der Waals surface area contributed by atoms with Crippen LogP contribution in [0.15, 0.2) is 6.20 Å². The predicted molar refractivity (Wildman–Crippen MR) is 61.1 cm³/mol. The van der Waals surface area contributed by atoms with E-state index in [0.29, 0.717) is 6.04 Å². The minimum atomic E-state index is 0.307. The first-order valence-electron chi connectivity index (χ1n) is 5.92. The van der Waals surface area contributed by atoms with Gasteiger partial charge in [0.2, 0.25) is 0 Å². The summed E-state index contributed by atoms with van der Waals surface area (Å²) in [4.78, 5) is 0. The lowest BCUT2D eigenvalue weighted by atomic mass is 10.1. The summed E-state index contributed by atoms with van der Waals surface area (Å²) in [6.07, 6.45) is 3.88. The third kappa shape index (κ3) is 1.72. The Morgan fingerprint density at radius 1 is 1.47 bits per heavy atom. The van der Waals surface area contributed by atoms with Crippen LogP contribution in [-0.2, 0) is 6.54 Å². The molecule has 3 heterocycles. The van der Waals surface area contributed by atoms with Gasteiger partial charge in [0.15, 0.2) is 11.6 Å². The lowest BCUT2D eigenvalue weighted by Crippen LogP contribution is -2.33. The molecule has 1 aliphatic heterocycles. The highest BCUT2D eigenvalue weighted by atomic mass is 15.4. The molecule has 1 unspecified atom stereocenters. The van der Waals surface area contributed by atoms with E-state index in [0.717, 1.165) is 43.3 Å². The zero-order valence-electron chi connectivity index (χ0n) is 9.72. The van der Waals surface area contributed by atoms with Crippen molar-refractivity contribution in [3.05, 3.63) is 12.0 Å². The first-order valence-corrected chi connectivity index (χ1v) is 5.92. The molecule has 0 aromatic carbocycles. The quantitative estimate of drug-likeness (QED) is 0.806. The van der Waals surface area contributed by atoms with Crippen molar-refractivity contribution in [2.24, 2.45) is 0 Å². The van der Waals surface area contributed by atoms with E-state index in [9.17, 15) is 0 Å². The maximum absolute atomic E-state index is 4.28. The zero-order valence-corrected chi connectivity index (χ0v) is 9.72. The van der Waals surface area contributed by atoms with Gasteiger partial charge < -0.3 is 9.88 Å². The van der Waals surface area contributed by atoms with Crippen LogP contribution in [0.1, 0.15) is 31.6 Å². The van der Waals surface area contributed by atoms with Gasteiger partial charge in [0.25, 0.3) is 0 Å². The molecule has 3 rings (SSSR count). The number of fused-ring (bicyclic) bond motifs is 1. The molecular formula is C10H15N7. The van der Waals surface area contributed by atoms with Gasteiger partial charge in [-0.05, 0) is 6.42 Å². The van der Waals surface area contributed by atoms with Crippen LogP contribution in [0.4, 0.5) is 0 Å². The zero-order chi connectivity index (χ0) is 11.7. The summed E-state index contributed by atoms with van der Waals surface area (Å²) < 4.78 is 2.13. The number of aromatic amines is 1. The van der Waals surface area contributed by atoms with Crippen LogP contribution in [0.3, 0.4) is 0 Å². The lowest BCUT2D eigenvalue weighted by molar-refractivity contribution is 0.394. The highest BCUT2D eigenvalue weighted by molar-refractivity contribution is 5.47. The minimum Gasteiger partial charge on any atom is -0.307 e. The Kier molecular flexibility index (Phi) is 2.60. The van der Waals surface area contributed by atoms with E-state index in [1.54, 1.807) is 6.20 Å². The third-order valence-electron chi connectivity index (χ3n) is 3.04. The SMILES string of the molecule is CCCC1NCCn2c(-c3cn[nH]n3)nnc21. The summed E-state index contributed by atoms with van der Waals surface area (Å²) in [5.41, 5.74) is 0.751. The van der Waals surface area contributed by atoms with Gasteiger partial charge in [-0.3, -0.25) is 0 Å². The van der Waals surface area contributed by atoms with E-state index < -0.39 is 0 Å². The number of H-pyrrole nitrogens is 1. The van der Waals surface area contributed by atoms with Gasteiger partial charge in [0.05, 0.1) is 12.2 Å². The molecule has 90 valence electrons. The van der Waals surface area contributed by atoms with E-state index in [1.165, 1.54) is 0 Å². The summed E-state index contributed by atoms with van der Waals surface area (Å²) in [6.45, 7) is 4.00. The van der Waals surface area contributed by atoms with Crippen LogP contribution in [0.2, 0.25) is 0 Å². The van der Waals surface area contributed by atoms with Crippen LogP contribution in [0.25, 0.3) is 11.5 Å². The van der Waals surface area contributed by atoms with Crippen molar-refractivity contribution >= 4 is 0 Å². The Labute approximate surface area is 98.6 Å². The Bertz CT molecular complexity index is 487. The largest absolute Gasteiger partial charge is 0.307 e. The summed E-state index contributed by atoms with van der Waals surface area (Å²) in [6, 6.07) is 0.307. The number of hydrogen-bond donors (Lipinski definition) is 2. The molecule has 7 nitrogen and oxygen atoms in total. The van der Waals surface area contributed by atoms with Gasteiger partial charge in [0, 0.05) is 13.1 Å². The van der Waals surface area contributed by atoms with E-state index in [2.05, 4.69) is 42.4 Å². The summed E-state index contributed by atoms with van der Waals surface area (Å²) in [7, 11) is 0. The normalized spacial score (nSPS) is 19.2. The number of nitrogens with one attached hydrogen (secondary N) is 2. The smallest absolute Gasteiger partial charge is 0.186 e. The molecule has 7 heteroatoms. The first kappa shape index (κ1) is 10.4. The molecule has 2 N–H and O–H groups in total.